The zero-order chi connectivity index (χ0) is 17.1. The molecule has 2 rings (SSSR count). The average molecular weight is 333 g/mol. The highest BCUT2D eigenvalue weighted by Gasteiger charge is 2.20. The van der Waals surface area contributed by atoms with Crippen molar-refractivity contribution in [1.82, 2.24) is 9.88 Å². The van der Waals surface area contributed by atoms with Gasteiger partial charge in [-0.2, -0.15) is 0 Å². The fourth-order valence-electron chi connectivity index (χ4n) is 2.88. The van der Waals surface area contributed by atoms with Crippen molar-refractivity contribution < 1.29 is 9.59 Å². The van der Waals surface area contributed by atoms with Crippen LogP contribution in [0.4, 0.5) is 0 Å². The Kier molecular flexibility index (Phi) is 5.39. The predicted molar refractivity (Wildman–Crippen MR) is 92.4 cm³/mol. The van der Waals surface area contributed by atoms with E-state index in [2.05, 4.69) is 4.98 Å². The molecule has 0 aliphatic carbocycles. The normalized spacial score (nSPS) is 11.0. The number of aromatic amines is 1. The zero-order valence-electron chi connectivity index (χ0n) is 13.9. The first-order valence-corrected chi connectivity index (χ1v) is 7.83. The smallest absolute Gasteiger partial charge is 0.193 e. The Morgan fingerprint density at radius 2 is 1.96 bits per heavy atom. The van der Waals surface area contributed by atoms with Gasteiger partial charge < -0.3 is 4.98 Å². The molecule has 0 unspecified atom stereocenters. The van der Waals surface area contributed by atoms with Crippen molar-refractivity contribution in [2.75, 3.05) is 13.6 Å². The van der Waals surface area contributed by atoms with Crippen LogP contribution in [0.25, 0.3) is 0 Å². The largest absolute Gasteiger partial charge is 0.355 e. The van der Waals surface area contributed by atoms with Gasteiger partial charge >= 0.3 is 0 Å². The molecule has 0 aliphatic rings. The minimum Gasteiger partial charge on any atom is -0.355 e. The molecular weight excluding hydrogens is 312 g/mol. The molecule has 0 amide bonds. The van der Waals surface area contributed by atoms with Gasteiger partial charge in [-0.05, 0) is 51.1 Å². The van der Waals surface area contributed by atoms with Crippen LogP contribution in [-0.4, -0.2) is 35.0 Å². The maximum absolute atomic E-state index is 12.5. The summed E-state index contributed by atoms with van der Waals surface area (Å²) in [6.07, 6.45) is 0. The van der Waals surface area contributed by atoms with Gasteiger partial charge in [0.2, 0.25) is 0 Å². The number of rotatable bonds is 6. The van der Waals surface area contributed by atoms with Crippen molar-refractivity contribution in [3.8, 4) is 0 Å². The van der Waals surface area contributed by atoms with Crippen LogP contribution in [0.3, 0.4) is 0 Å². The first-order valence-electron chi connectivity index (χ1n) is 7.46. The molecule has 0 bridgehead atoms. The number of nitrogens with one attached hydrogen (secondary N) is 1. The Morgan fingerprint density at radius 3 is 2.52 bits per heavy atom. The molecule has 1 aromatic heterocycles. The second kappa shape index (κ2) is 7.11. The second-order valence-electron chi connectivity index (χ2n) is 5.91. The summed E-state index contributed by atoms with van der Waals surface area (Å²) in [6, 6.07) is 7.58. The maximum atomic E-state index is 12.5. The van der Waals surface area contributed by atoms with Gasteiger partial charge in [-0.15, -0.1) is 0 Å². The molecule has 0 saturated heterocycles. The summed E-state index contributed by atoms with van der Waals surface area (Å²) >= 11 is 5.98. The highest BCUT2D eigenvalue weighted by molar-refractivity contribution is 6.30. The number of halogens is 1. The van der Waals surface area contributed by atoms with E-state index in [-0.39, 0.29) is 18.1 Å². The SMILES string of the molecule is CC(=O)c1c(C)[nH]c(C(=O)CN(C)Cc2cccc(Cl)c2)c1C. The molecule has 1 aromatic carbocycles. The van der Waals surface area contributed by atoms with Crippen LogP contribution in [0.15, 0.2) is 24.3 Å². The van der Waals surface area contributed by atoms with Crippen LogP contribution in [0.5, 0.6) is 0 Å². The van der Waals surface area contributed by atoms with Crippen LogP contribution in [0.1, 0.15) is 44.6 Å². The average Bonchev–Trinajstić information content (AvgIpc) is 2.73. The number of hydrogen-bond acceptors (Lipinski definition) is 3. The molecule has 1 N–H and O–H groups in total. The molecule has 0 spiro atoms. The summed E-state index contributed by atoms with van der Waals surface area (Å²) in [4.78, 5) is 29.2. The lowest BCUT2D eigenvalue weighted by Gasteiger charge is -2.16. The van der Waals surface area contributed by atoms with Crippen molar-refractivity contribution >= 4 is 23.2 Å². The second-order valence-corrected chi connectivity index (χ2v) is 6.34. The Bertz CT molecular complexity index is 749. The van der Waals surface area contributed by atoms with Gasteiger partial charge in [-0.25, -0.2) is 0 Å². The number of hydrogen-bond donors (Lipinski definition) is 1. The summed E-state index contributed by atoms with van der Waals surface area (Å²) in [6.45, 7) is 6.04. The van der Waals surface area contributed by atoms with E-state index in [0.29, 0.717) is 22.8 Å². The van der Waals surface area contributed by atoms with Gasteiger partial charge in [0.05, 0.1) is 12.2 Å². The molecular formula is C18H21ClN2O2. The highest BCUT2D eigenvalue weighted by Crippen LogP contribution is 2.19. The van der Waals surface area contributed by atoms with E-state index in [0.717, 1.165) is 16.8 Å². The first kappa shape index (κ1) is 17.4. The van der Waals surface area contributed by atoms with Gasteiger partial charge in [0.15, 0.2) is 11.6 Å². The standard InChI is InChI=1S/C18H21ClN2O2/c1-11-17(13(3)22)12(2)20-18(11)16(23)10-21(4)9-14-6-5-7-15(19)8-14/h5-8,20H,9-10H2,1-4H3. The van der Waals surface area contributed by atoms with Crippen molar-refractivity contribution in [3.63, 3.8) is 0 Å². The summed E-state index contributed by atoms with van der Waals surface area (Å²) < 4.78 is 0. The Hall–Kier alpha value is -1.91. The highest BCUT2D eigenvalue weighted by atomic mass is 35.5. The number of aryl methyl sites for hydroxylation is 1. The molecule has 0 fully saturated rings. The first-order chi connectivity index (χ1) is 10.8. The van der Waals surface area contributed by atoms with Gasteiger partial charge in [-0.3, -0.25) is 14.5 Å². The Balaban J connectivity index is 2.10. The molecule has 5 heteroatoms. The van der Waals surface area contributed by atoms with Crippen molar-refractivity contribution in [2.45, 2.75) is 27.3 Å². The number of benzene rings is 1. The van der Waals surface area contributed by atoms with Crippen LogP contribution >= 0.6 is 11.6 Å². The summed E-state index contributed by atoms with van der Waals surface area (Å²) in [7, 11) is 1.88. The number of likely N-dealkylation sites (N-methyl/N-ethyl adjacent to an activating group) is 1. The lowest BCUT2D eigenvalue weighted by Crippen LogP contribution is -2.26. The lowest BCUT2D eigenvalue weighted by atomic mass is 10.1. The monoisotopic (exact) mass is 332 g/mol. The molecule has 0 saturated carbocycles. The van der Waals surface area contributed by atoms with E-state index in [1.807, 2.05) is 50.1 Å². The van der Waals surface area contributed by atoms with E-state index >= 15 is 0 Å². The Labute approximate surface area is 141 Å². The number of H-pyrrole nitrogens is 1. The van der Waals surface area contributed by atoms with Crippen molar-refractivity contribution in [2.24, 2.45) is 0 Å². The van der Waals surface area contributed by atoms with E-state index in [1.165, 1.54) is 6.92 Å². The molecule has 2 aromatic rings. The molecule has 4 nitrogen and oxygen atoms in total. The van der Waals surface area contributed by atoms with E-state index < -0.39 is 0 Å². The van der Waals surface area contributed by atoms with Crippen molar-refractivity contribution in [1.29, 1.82) is 0 Å². The van der Waals surface area contributed by atoms with Crippen molar-refractivity contribution in [3.05, 3.63) is 57.4 Å². The van der Waals surface area contributed by atoms with E-state index in [9.17, 15) is 9.59 Å². The van der Waals surface area contributed by atoms with Crippen LogP contribution in [-0.2, 0) is 6.54 Å². The molecule has 0 aliphatic heterocycles. The topological polar surface area (TPSA) is 53.2 Å². The van der Waals surface area contributed by atoms with Gasteiger partial charge in [-0.1, -0.05) is 23.7 Å². The summed E-state index contributed by atoms with van der Waals surface area (Å²) in [5.41, 5.74) is 3.67. The van der Waals surface area contributed by atoms with E-state index in [1.54, 1.807) is 0 Å². The quantitative estimate of drug-likeness (QED) is 0.818. The third-order valence-electron chi connectivity index (χ3n) is 3.82. The van der Waals surface area contributed by atoms with Crippen LogP contribution in [0, 0.1) is 13.8 Å². The molecule has 1 heterocycles. The van der Waals surface area contributed by atoms with Gasteiger partial charge in [0.25, 0.3) is 0 Å². The number of ketones is 2. The molecule has 23 heavy (non-hydrogen) atoms. The number of nitrogens with zero attached hydrogens (tertiary/aromatic N) is 1. The predicted octanol–water partition coefficient (Wildman–Crippen LogP) is 3.80. The molecule has 0 atom stereocenters. The molecule has 0 radical (unpaired) electrons. The zero-order valence-corrected chi connectivity index (χ0v) is 14.6. The fraction of sp³-hybridized carbons (Fsp3) is 0.333. The third kappa shape index (κ3) is 4.09. The fourth-order valence-corrected chi connectivity index (χ4v) is 3.10. The van der Waals surface area contributed by atoms with Gasteiger partial charge in [0.1, 0.15) is 0 Å². The summed E-state index contributed by atoms with van der Waals surface area (Å²) in [5.74, 6) is -0.0507. The van der Waals surface area contributed by atoms with Crippen LogP contribution < -0.4 is 0 Å². The Morgan fingerprint density at radius 1 is 1.26 bits per heavy atom. The number of Topliss-reactive ketones (excluding diaryl/α,β-unsaturated/α-hetero) is 2. The van der Waals surface area contributed by atoms with Crippen LogP contribution in [0.2, 0.25) is 5.02 Å². The molecule has 122 valence electrons. The minimum atomic E-state index is -0.0254. The number of carbonyl (C=O) groups is 2. The minimum absolute atomic E-state index is 0.0253. The summed E-state index contributed by atoms with van der Waals surface area (Å²) in [5, 5.41) is 0.684. The maximum Gasteiger partial charge on any atom is 0.193 e. The van der Waals surface area contributed by atoms with Gasteiger partial charge in [0, 0.05) is 22.8 Å². The van der Waals surface area contributed by atoms with E-state index in [4.69, 9.17) is 11.6 Å². The number of carbonyl (C=O) groups excluding carboxylic acids is 2. The third-order valence-corrected chi connectivity index (χ3v) is 4.06. The number of aromatic nitrogens is 1. The lowest BCUT2D eigenvalue weighted by molar-refractivity contribution is 0.0938.